The van der Waals surface area contributed by atoms with Gasteiger partial charge in [-0.05, 0) is 47.7 Å². The largest absolute Gasteiger partial charge is 0.409 e. The second-order valence-electron chi connectivity index (χ2n) is 3.53. The predicted octanol–water partition coefficient (Wildman–Crippen LogP) is 2.15. The maximum absolute atomic E-state index is 12.3. The van der Waals surface area contributed by atoms with Gasteiger partial charge in [-0.1, -0.05) is 16.8 Å². The molecule has 0 fully saturated rings. The third-order valence-corrected chi connectivity index (χ3v) is 3.48. The van der Waals surface area contributed by atoms with Gasteiger partial charge < -0.3 is 15.8 Å². The first-order chi connectivity index (χ1) is 8.49. The Bertz CT molecular complexity index is 479. The first-order valence-corrected chi connectivity index (χ1v) is 6.66. The van der Waals surface area contributed by atoms with Gasteiger partial charge in [-0.3, -0.25) is 4.79 Å². The number of oxime groups is 1. The molecule has 0 heterocycles. The number of carbonyl (C=O) groups is 1. The molecule has 0 bridgehead atoms. The highest BCUT2D eigenvalue weighted by molar-refractivity contribution is 14.1. The zero-order valence-electron chi connectivity index (χ0n) is 9.73. The number of likely N-dealkylation sites (N-methyl/N-ethyl adjacent to an activating group) is 1. The Kier molecular flexibility index (Phi) is 5.67. The minimum absolute atomic E-state index is 0.0118. The van der Waals surface area contributed by atoms with Crippen molar-refractivity contribution in [2.24, 2.45) is 10.9 Å². The van der Waals surface area contributed by atoms with E-state index in [0.717, 1.165) is 3.57 Å². The van der Waals surface area contributed by atoms with Gasteiger partial charge in [0.15, 0.2) is 5.84 Å². The molecule has 3 N–H and O–H groups in total. The van der Waals surface area contributed by atoms with Gasteiger partial charge in [0, 0.05) is 15.1 Å². The molecule has 0 aliphatic heterocycles. The van der Waals surface area contributed by atoms with E-state index in [0.29, 0.717) is 17.1 Å². The summed E-state index contributed by atoms with van der Waals surface area (Å²) in [4.78, 5) is 13.7. The summed E-state index contributed by atoms with van der Waals surface area (Å²) in [6.45, 7) is 2.35. The quantitative estimate of drug-likeness (QED) is 0.276. The molecular formula is C11H13ClIN3O2. The summed E-state index contributed by atoms with van der Waals surface area (Å²) in [5.74, 6) is -0.210. The third-order valence-electron chi connectivity index (χ3n) is 2.31. The molecule has 1 rings (SSSR count). The van der Waals surface area contributed by atoms with Crippen LogP contribution in [-0.2, 0) is 0 Å². The van der Waals surface area contributed by atoms with E-state index in [-0.39, 0.29) is 18.3 Å². The minimum Gasteiger partial charge on any atom is -0.409 e. The fourth-order valence-corrected chi connectivity index (χ4v) is 2.12. The second kappa shape index (κ2) is 6.79. The Morgan fingerprint density at radius 3 is 2.83 bits per heavy atom. The van der Waals surface area contributed by atoms with Crippen LogP contribution in [0, 0.1) is 3.57 Å². The summed E-state index contributed by atoms with van der Waals surface area (Å²) in [7, 11) is 0. The lowest BCUT2D eigenvalue weighted by atomic mass is 10.2. The van der Waals surface area contributed by atoms with Crippen LogP contribution in [0.3, 0.4) is 0 Å². The Balaban J connectivity index is 3.00. The number of benzene rings is 1. The van der Waals surface area contributed by atoms with Gasteiger partial charge in [0.05, 0.1) is 12.1 Å². The van der Waals surface area contributed by atoms with Crippen molar-refractivity contribution < 1.29 is 10.0 Å². The number of nitrogens with two attached hydrogens (primary N) is 1. The van der Waals surface area contributed by atoms with Crippen LogP contribution in [0.5, 0.6) is 0 Å². The third kappa shape index (κ3) is 3.74. The lowest BCUT2D eigenvalue weighted by Gasteiger charge is -2.20. The lowest BCUT2D eigenvalue weighted by molar-refractivity contribution is 0.0785. The minimum atomic E-state index is -0.198. The number of hydrogen-bond acceptors (Lipinski definition) is 3. The molecule has 0 aromatic heterocycles. The molecule has 0 unspecified atom stereocenters. The van der Waals surface area contributed by atoms with Gasteiger partial charge in [0.1, 0.15) is 0 Å². The number of carbonyl (C=O) groups excluding carboxylic acids is 1. The van der Waals surface area contributed by atoms with Crippen LogP contribution in [0.1, 0.15) is 17.3 Å². The molecule has 1 aromatic carbocycles. The van der Waals surface area contributed by atoms with Gasteiger partial charge in [-0.15, -0.1) is 0 Å². The van der Waals surface area contributed by atoms with E-state index in [1.54, 1.807) is 18.2 Å². The van der Waals surface area contributed by atoms with Gasteiger partial charge in [-0.2, -0.15) is 0 Å². The maximum Gasteiger partial charge on any atom is 0.255 e. The highest BCUT2D eigenvalue weighted by atomic mass is 127. The van der Waals surface area contributed by atoms with E-state index in [2.05, 4.69) is 27.7 Å². The molecule has 0 saturated carbocycles. The zero-order valence-corrected chi connectivity index (χ0v) is 12.6. The van der Waals surface area contributed by atoms with E-state index in [4.69, 9.17) is 22.5 Å². The highest BCUT2D eigenvalue weighted by Crippen LogP contribution is 2.19. The normalized spacial score (nSPS) is 11.4. The predicted molar refractivity (Wildman–Crippen MR) is 79.2 cm³/mol. The molecule has 0 aliphatic rings. The van der Waals surface area contributed by atoms with Gasteiger partial charge in [0.25, 0.3) is 5.91 Å². The fraction of sp³-hybridized carbons (Fsp3) is 0.273. The van der Waals surface area contributed by atoms with Crippen molar-refractivity contribution in [2.45, 2.75) is 6.92 Å². The van der Waals surface area contributed by atoms with Gasteiger partial charge in [-0.25, -0.2) is 0 Å². The van der Waals surface area contributed by atoms with Crippen molar-refractivity contribution in [3.05, 3.63) is 32.4 Å². The van der Waals surface area contributed by atoms with Crippen molar-refractivity contribution in [3.63, 3.8) is 0 Å². The zero-order chi connectivity index (χ0) is 13.7. The van der Waals surface area contributed by atoms with E-state index in [1.807, 2.05) is 6.92 Å². The van der Waals surface area contributed by atoms with Crippen LogP contribution in [0.25, 0.3) is 0 Å². The summed E-state index contributed by atoms with van der Waals surface area (Å²) < 4.78 is 0.806. The molecule has 5 nitrogen and oxygen atoms in total. The van der Waals surface area contributed by atoms with E-state index >= 15 is 0 Å². The van der Waals surface area contributed by atoms with Crippen molar-refractivity contribution in [1.82, 2.24) is 4.90 Å². The summed E-state index contributed by atoms with van der Waals surface area (Å²) in [6, 6.07) is 5.11. The average Bonchev–Trinajstić information content (AvgIpc) is 2.37. The topological polar surface area (TPSA) is 78.9 Å². The molecule has 1 amide bonds. The Labute approximate surface area is 124 Å². The number of nitrogens with zero attached hydrogens (tertiary/aromatic N) is 2. The molecule has 18 heavy (non-hydrogen) atoms. The van der Waals surface area contributed by atoms with Crippen LogP contribution in [0.15, 0.2) is 23.4 Å². The molecule has 0 atom stereocenters. The first kappa shape index (κ1) is 15.0. The van der Waals surface area contributed by atoms with Crippen molar-refractivity contribution in [2.75, 3.05) is 13.1 Å². The number of halogens is 2. The fourth-order valence-electron chi connectivity index (χ4n) is 1.39. The Hall–Kier alpha value is -1.02. The molecule has 1 aromatic rings. The smallest absolute Gasteiger partial charge is 0.255 e. The summed E-state index contributed by atoms with van der Waals surface area (Å²) in [5.41, 5.74) is 5.92. The summed E-state index contributed by atoms with van der Waals surface area (Å²) >= 11 is 7.95. The molecule has 0 spiro atoms. The highest BCUT2D eigenvalue weighted by Gasteiger charge is 2.18. The number of amides is 1. The molecule has 0 radical (unpaired) electrons. The van der Waals surface area contributed by atoms with E-state index < -0.39 is 0 Å². The number of rotatable bonds is 4. The molecular weight excluding hydrogens is 368 g/mol. The summed E-state index contributed by atoms with van der Waals surface area (Å²) in [6.07, 6.45) is 0. The van der Waals surface area contributed by atoms with Crippen LogP contribution >= 0.6 is 34.2 Å². The monoisotopic (exact) mass is 381 g/mol. The van der Waals surface area contributed by atoms with Crippen molar-refractivity contribution in [1.29, 1.82) is 0 Å². The molecule has 98 valence electrons. The van der Waals surface area contributed by atoms with Crippen molar-refractivity contribution in [3.8, 4) is 0 Å². The van der Waals surface area contributed by atoms with Crippen LogP contribution < -0.4 is 5.73 Å². The van der Waals surface area contributed by atoms with Crippen LogP contribution in [-0.4, -0.2) is 34.9 Å². The summed E-state index contributed by atoms with van der Waals surface area (Å²) in [5, 5.41) is 11.9. The average molecular weight is 382 g/mol. The second-order valence-corrected chi connectivity index (χ2v) is 5.13. The Morgan fingerprint density at radius 1 is 1.61 bits per heavy atom. The van der Waals surface area contributed by atoms with E-state index in [9.17, 15) is 4.79 Å². The van der Waals surface area contributed by atoms with Crippen LogP contribution in [0.4, 0.5) is 0 Å². The van der Waals surface area contributed by atoms with Crippen LogP contribution in [0.2, 0.25) is 5.02 Å². The Morgan fingerprint density at radius 2 is 2.28 bits per heavy atom. The van der Waals surface area contributed by atoms with Crippen molar-refractivity contribution >= 4 is 45.9 Å². The first-order valence-electron chi connectivity index (χ1n) is 5.20. The van der Waals surface area contributed by atoms with E-state index in [1.165, 1.54) is 4.90 Å². The maximum atomic E-state index is 12.3. The van der Waals surface area contributed by atoms with Gasteiger partial charge in [0.2, 0.25) is 0 Å². The standard InChI is InChI=1S/C11H13ClIN3O2/c1-2-16(6-10(14)15-18)11(17)8-5-7(12)3-4-9(8)13/h3-5,18H,2,6H2,1H3,(H2,14,15). The molecule has 0 aliphatic carbocycles. The number of hydrogen-bond donors (Lipinski definition) is 2. The molecule has 0 saturated heterocycles. The lowest BCUT2D eigenvalue weighted by Crippen LogP contribution is -2.38. The number of amidine groups is 1. The van der Waals surface area contributed by atoms with Gasteiger partial charge >= 0.3 is 0 Å². The SMILES string of the molecule is CCN(C/C(N)=N/O)C(=O)c1cc(Cl)ccc1I. The molecule has 7 heteroatoms.